The van der Waals surface area contributed by atoms with Gasteiger partial charge >= 0.3 is 0 Å². The molecule has 0 amide bonds. The Kier molecular flexibility index (Phi) is 1.98. The molecule has 3 nitrogen and oxygen atoms in total. The summed E-state index contributed by atoms with van der Waals surface area (Å²) >= 11 is 0. The molecule has 0 atom stereocenters. The molecule has 0 unspecified atom stereocenters. The molecule has 0 aliphatic carbocycles. The van der Waals surface area contributed by atoms with Crippen molar-refractivity contribution in [3.63, 3.8) is 0 Å². The first-order chi connectivity index (χ1) is 5.15. The van der Waals surface area contributed by atoms with Gasteiger partial charge in [-0.15, -0.1) is 0 Å². The number of ether oxygens (including phenoxy) is 1. The van der Waals surface area contributed by atoms with Crippen molar-refractivity contribution < 1.29 is 13.5 Å². The zero-order valence-electron chi connectivity index (χ0n) is 6.06. The van der Waals surface area contributed by atoms with Crippen molar-refractivity contribution in [2.24, 2.45) is 0 Å². The van der Waals surface area contributed by atoms with Crippen molar-refractivity contribution in [3.05, 3.63) is 17.6 Å². The Labute approximate surface area is 62.0 Å². The molecule has 0 aliphatic heterocycles. The van der Waals surface area contributed by atoms with E-state index in [0.717, 1.165) is 0 Å². The van der Waals surface area contributed by atoms with Gasteiger partial charge in [0.1, 0.15) is 5.69 Å². The molecule has 0 bridgehead atoms. The summed E-state index contributed by atoms with van der Waals surface area (Å²) in [5, 5.41) is 0. The van der Waals surface area contributed by atoms with Crippen LogP contribution < -0.4 is 4.74 Å². The fourth-order valence-corrected chi connectivity index (χ4v) is 0.651. The van der Waals surface area contributed by atoms with Gasteiger partial charge in [-0.2, -0.15) is 13.8 Å². The van der Waals surface area contributed by atoms with E-state index in [-0.39, 0.29) is 11.6 Å². The lowest BCUT2D eigenvalue weighted by Gasteiger charge is -2.00. The molecule has 0 aliphatic rings. The largest absolute Gasteiger partial charge is 0.480 e. The van der Waals surface area contributed by atoms with Crippen LogP contribution in [-0.2, 0) is 0 Å². The normalized spacial score (nSPS) is 9.82. The highest BCUT2D eigenvalue weighted by atomic mass is 19.2. The summed E-state index contributed by atoms with van der Waals surface area (Å²) in [7, 11) is 1.31. The molecule has 60 valence electrons. The smallest absolute Gasteiger partial charge is 0.271 e. The molecule has 1 aromatic rings. The van der Waals surface area contributed by atoms with E-state index in [0.29, 0.717) is 0 Å². The number of halogens is 2. The van der Waals surface area contributed by atoms with E-state index < -0.39 is 11.9 Å². The van der Waals surface area contributed by atoms with Gasteiger partial charge in [0.05, 0.1) is 7.11 Å². The van der Waals surface area contributed by atoms with Crippen LogP contribution in [0.25, 0.3) is 0 Å². The van der Waals surface area contributed by atoms with Gasteiger partial charge < -0.3 is 4.74 Å². The van der Waals surface area contributed by atoms with Crippen molar-refractivity contribution in [2.75, 3.05) is 7.11 Å². The first-order valence-electron chi connectivity index (χ1n) is 2.88. The van der Waals surface area contributed by atoms with Crippen molar-refractivity contribution in [1.29, 1.82) is 0 Å². The lowest BCUT2D eigenvalue weighted by atomic mass is 10.5. The molecule has 0 saturated heterocycles. The molecule has 0 spiro atoms. The van der Waals surface area contributed by atoms with Crippen LogP contribution in [0.5, 0.6) is 5.88 Å². The summed E-state index contributed by atoms with van der Waals surface area (Å²) < 4.78 is 29.2. The Balaban J connectivity index is 3.21. The van der Waals surface area contributed by atoms with Crippen LogP contribution >= 0.6 is 0 Å². The Morgan fingerprint density at radius 3 is 2.27 bits per heavy atom. The summed E-state index contributed by atoms with van der Waals surface area (Å²) in [6, 6.07) is 0. The number of rotatable bonds is 1. The third-order valence-corrected chi connectivity index (χ3v) is 1.14. The van der Waals surface area contributed by atoms with Crippen LogP contribution in [0.4, 0.5) is 8.78 Å². The average molecular weight is 160 g/mol. The lowest BCUT2D eigenvalue weighted by Crippen LogP contribution is -2.01. The summed E-state index contributed by atoms with van der Waals surface area (Å²) in [6.45, 7) is 1.48. The van der Waals surface area contributed by atoms with Gasteiger partial charge in [-0.05, 0) is 6.92 Å². The molecule has 5 heteroatoms. The second-order valence-electron chi connectivity index (χ2n) is 1.90. The zero-order chi connectivity index (χ0) is 8.43. The van der Waals surface area contributed by atoms with Crippen LogP contribution in [-0.4, -0.2) is 17.1 Å². The van der Waals surface area contributed by atoms with Crippen molar-refractivity contribution in [3.8, 4) is 5.88 Å². The van der Waals surface area contributed by atoms with Crippen molar-refractivity contribution >= 4 is 0 Å². The standard InChI is InChI=1S/C6H6F2N2O/c1-3-6(11-2)10-5(8)4(7)9-3/h1-2H3. The fourth-order valence-electron chi connectivity index (χ4n) is 0.651. The number of hydrogen-bond donors (Lipinski definition) is 0. The number of methoxy groups -OCH3 is 1. The maximum atomic E-state index is 12.3. The molecule has 11 heavy (non-hydrogen) atoms. The lowest BCUT2D eigenvalue weighted by molar-refractivity contribution is 0.362. The van der Waals surface area contributed by atoms with Gasteiger partial charge in [0.2, 0.25) is 5.88 Å². The number of aryl methyl sites for hydroxylation is 1. The average Bonchev–Trinajstić information content (AvgIpc) is 1.97. The second kappa shape index (κ2) is 2.77. The van der Waals surface area contributed by atoms with E-state index in [9.17, 15) is 8.78 Å². The Bertz CT molecular complexity index is 278. The number of nitrogens with zero attached hydrogens (tertiary/aromatic N) is 2. The van der Waals surface area contributed by atoms with Crippen LogP contribution in [0.15, 0.2) is 0 Å². The fraction of sp³-hybridized carbons (Fsp3) is 0.333. The van der Waals surface area contributed by atoms with Gasteiger partial charge in [0.15, 0.2) is 0 Å². The highest BCUT2D eigenvalue weighted by Crippen LogP contribution is 2.12. The summed E-state index contributed by atoms with van der Waals surface area (Å²) in [6.07, 6.45) is 0. The Morgan fingerprint density at radius 2 is 1.73 bits per heavy atom. The number of aromatic nitrogens is 2. The molecule has 0 radical (unpaired) electrons. The molecule has 0 saturated carbocycles. The van der Waals surface area contributed by atoms with E-state index >= 15 is 0 Å². The quantitative estimate of drug-likeness (QED) is 0.616. The van der Waals surface area contributed by atoms with E-state index in [1.165, 1.54) is 14.0 Å². The minimum atomic E-state index is -1.24. The molecule has 0 fully saturated rings. The predicted octanol–water partition coefficient (Wildman–Crippen LogP) is 1.07. The van der Waals surface area contributed by atoms with Crippen LogP contribution in [0, 0.1) is 18.8 Å². The van der Waals surface area contributed by atoms with Crippen LogP contribution in [0.1, 0.15) is 5.69 Å². The van der Waals surface area contributed by atoms with E-state index in [1.54, 1.807) is 0 Å². The SMILES string of the molecule is COc1nc(F)c(F)nc1C. The van der Waals surface area contributed by atoms with Crippen molar-refractivity contribution in [2.45, 2.75) is 6.92 Å². The van der Waals surface area contributed by atoms with Gasteiger partial charge in [-0.3, -0.25) is 0 Å². The first-order valence-corrected chi connectivity index (χ1v) is 2.88. The zero-order valence-corrected chi connectivity index (χ0v) is 6.06. The third-order valence-electron chi connectivity index (χ3n) is 1.14. The van der Waals surface area contributed by atoms with Gasteiger partial charge in [-0.1, -0.05) is 0 Å². The van der Waals surface area contributed by atoms with Crippen LogP contribution in [0.2, 0.25) is 0 Å². The summed E-state index contributed by atoms with van der Waals surface area (Å²) in [4.78, 5) is 6.38. The van der Waals surface area contributed by atoms with Crippen LogP contribution in [0.3, 0.4) is 0 Å². The van der Waals surface area contributed by atoms with Gasteiger partial charge in [0.25, 0.3) is 11.9 Å². The third kappa shape index (κ3) is 1.42. The van der Waals surface area contributed by atoms with E-state index in [1.807, 2.05) is 0 Å². The van der Waals surface area contributed by atoms with Gasteiger partial charge in [0, 0.05) is 0 Å². The van der Waals surface area contributed by atoms with E-state index in [4.69, 9.17) is 0 Å². The Morgan fingerprint density at radius 1 is 1.18 bits per heavy atom. The maximum absolute atomic E-state index is 12.3. The second-order valence-corrected chi connectivity index (χ2v) is 1.90. The highest BCUT2D eigenvalue weighted by molar-refractivity contribution is 5.15. The first kappa shape index (κ1) is 7.84. The molecule has 0 aromatic carbocycles. The van der Waals surface area contributed by atoms with E-state index in [2.05, 4.69) is 14.7 Å². The molecule has 1 rings (SSSR count). The molecule has 1 heterocycles. The maximum Gasteiger partial charge on any atom is 0.271 e. The summed E-state index contributed by atoms with van der Waals surface area (Å²) in [5.41, 5.74) is 0.228. The predicted molar refractivity (Wildman–Crippen MR) is 33.2 cm³/mol. The molecular weight excluding hydrogens is 154 g/mol. The van der Waals surface area contributed by atoms with Gasteiger partial charge in [-0.25, -0.2) is 4.98 Å². The highest BCUT2D eigenvalue weighted by Gasteiger charge is 2.09. The number of hydrogen-bond acceptors (Lipinski definition) is 3. The monoisotopic (exact) mass is 160 g/mol. The minimum absolute atomic E-state index is 0.00361. The minimum Gasteiger partial charge on any atom is -0.480 e. The Hall–Kier alpha value is -1.26. The molecular formula is C6H6F2N2O. The molecule has 0 N–H and O–H groups in total. The topological polar surface area (TPSA) is 35.0 Å². The molecule has 1 aromatic heterocycles. The van der Waals surface area contributed by atoms with Crippen molar-refractivity contribution in [1.82, 2.24) is 9.97 Å². The summed E-state index contributed by atoms with van der Waals surface area (Å²) in [5.74, 6) is -2.44.